The number of alkyl halides is 3. The van der Waals surface area contributed by atoms with Gasteiger partial charge in [-0.15, -0.1) is 0 Å². The fourth-order valence-corrected chi connectivity index (χ4v) is 5.44. The second kappa shape index (κ2) is 16.3. The molecular weight excluding hydrogens is 794 g/mol. The first-order valence-corrected chi connectivity index (χ1v) is 15.7. The molecule has 2 aliphatic heterocycles. The van der Waals surface area contributed by atoms with Crippen molar-refractivity contribution < 1.29 is 47.3 Å². The lowest BCUT2D eigenvalue weighted by Crippen LogP contribution is -2.55. The van der Waals surface area contributed by atoms with E-state index in [1.165, 1.54) is 23.9 Å². The van der Waals surface area contributed by atoms with Crippen molar-refractivity contribution in [2.24, 2.45) is 5.10 Å². The quantitative estimate of drug-likeness (QED) is 0.154. The maximum absolute atomic E-state index is 13.2. The zero-order valence-corrected chi connectivity index (χ0v) is 28.9. The van der Waals surface area contributed by atoms with Gasteiger partial charge in [-0.05, 0) is 30.3 Å². The van der Waals surface area contributed by atoms with Gasteiger partial charge in [0.2, 0.25) is 6.17 Å². The highest BCUT2D eigenvalue weighted by atomic mass is 127. The van der Waals surface area contributed by atoms with Crippen LogP contribution >= 0.6 is 22.9 Å². The van der Waals surface area contributed by atoms with Crippen LogP contribution in [0.4, 0.5) is 18.9 Å². The molecule has 6 rings (SSSR count). The van der Waals surface area contributed by atoms with Crippen LogP contribution in [0.15, 0.2) is 95.2 Å². The number of carboxylic acid groups (broad SMARTS) is 2. The molecule has 268 valence electrons. The number of nitrogens with zero attached hydrogens (tertiary/aromatic N) is 7. The van der Waals surface area contributed by atoms with Crippen molar-refractivity contribution in [2.75, 3.05) is 12.0 Å². The summed E-state index contributed by atoms with van der Waals surface area (Å²) in [6.45, 7) is 1.36. The van der Waals surface area contributed by atoms with Gasteiger partial charge in [-0.2, -0.15) is 23.4 Å². The SMILES string of the molecule is COC(C)=O.O=C(O)CC1=NN2C=CN(I)C2C(=O)N1c1ccccc1.O=C(O)CCc1nn2ccc(C(F)(F)F)c2c(=O)n1-c1ccccc1. The minimum atomic E-state index is -4.70. The first kappa shape index (κ1) is 38.1. The number of amidine groups is 1. The van der Waals surface area contributed by atoms with Crippen LogP contribution in [0, 0.1) is 0 Å². The molecule has 1 amide bonds. The molecule has 2 N–H and O–H groups in total. The van der Waals surface area contributed by atoms with Crippen LogP contribution in [0.5, 0.6) is 0 Å². The van der Waals surface area contributed by atoms with Crippen molar-refractivity contribution in [3.8, 4) is 5.69 Å². The van der Waals surface area contributed by atoms with Gasteiger partial charge in [0, 0.05) is 31.9 Å². The summed E-state index contributed by atoms with van der Waals surface area (Å²) >= 11 is 2.02. The molecule has 19 heteroatoms. The molecule has 0 bridgehead atoms. The van der Waals surface area contributed by atoms with Crippen molar-refractivity contribution in [1.82, 2.24) is 22.3 Å². The number of ether oxygens (including phenoxy) is 1. The van der Waals surface area contributed by atoms with Crippen LogP contribution in [-0.2, 0) is 36.5 Å². The number of carbonyl (C=O) groups is 4. The number of aryl methyl sites for hydroxylation is 1. The van der Waals surface area contributed by atoms with E-state index in [0.717, 1.165) is 21.3 Å². The summed E-state index contributed by atoms with van der Waals surface area (Å²) in [5.41, 5.74) is -1.66. The van der Waals surface area contributed by atoms with Crippen molar-refractivity contribution in [3.05, 3.63) is 107 Å². The molecule has 1 unspecified atom stereocenters. The number of aromatic nitrogens is 3. The van der Waals surface area contributed by atoms with Gasteiger partial charge in [-0.25, -0.2) is 9.52 Å². The second-order valence-corrected chi connectivity index (χ2v) is 11.6. The van der Waals surface area contributed by atoms with Gasteiger partial charge in [-0.1, -0.05) is 36.4 Å². The van der Waals surface area contributed by atoms with Gasteiger partial charge < -0.3 is 14.9 Å². The van der Waals surface area contributed by atoms with Gasteiger partial charge in [0.25, 0.3) is 11.5 Å². The van der Waals surface area contributed by atoms with E-state index in [0.29, 0.717) is 11.4 Å². The summed E-state index contributed by atoms with van der Waals surface area (Å²) in [4.78, 5) is 58.3. The van der Waals surface area contributed by atoms with Crippen molar-refractivity contribution in [3.63, 3.8) is 0 Å². The van der Waals surface area contributed by atoms with E-state index in [2.05, 4.69) is 14.9 Å². The Labute approximate surface area is 300 Å². The number of esters is 1. The highest BCUT2D eigenvalue weighted by molar-refractivity contribution is 14.1. The highest BCUT2D eigenvalue weighted by Crippen LogP contribution is 2.32. The summed E-state index contributed by atoms with van der Waals surface area (Å²) in [5, 5.41) is 27.7. The largest absolute Gasteiger partial charge is 0.481 e. The summed E-state index contributed by atoms with van der Waals surface area (Å²) in [5.74, 6) is -2.34. The van der Waals surface area contributed by atoms with E-state index in [1.54, 1.807) is 70.1 Å². The number of anilines is 1. The van der Waals surface area contributed by atoms with Crippen LogP contribution in [0.25, 0.3) is 11.2 Å². The van der Waals surface area contributed by atoms with E-state index in [1.807, 2.05) is 28.9 Å². The number of rotatable bonds is 7. The van der Waals surface area contributed by atoms with E-state index in [-0.39, 0.29) is 42.8 Å². The Bertz CT molecular complexity index is 2040. The first-order chi connectivity index (χ1) is 24.1. The number of halogens is 4. The lowest BCUT2D eigenvalue weighted by atomic mass is 10.2. The van der Waals surface area contributed by atoms with Crippen LogP contribution in [0.3, 0.4) is 0 Å². The predicted octanol–water partition coefficient (Wildman–Crippen LogP) is 4.29. The number of hydrogen-bond donors (Lipinski definition) is 2. The molecule has 0 fully saturated rings. The molecule has 2 aromatic carbocycles. The zero-order valence-electron chi connectivity index (χ0n) is 26.8. The Morgan fingerprint density at radius 2 is 1.51 bits per heavy atom. The van der Waals surface area contributed by atoms with Gasteiger partial charge >= 0.3 is 24.1 Å². The first-order valence-electron chi connectivity index (χ1n) is 14.7. The number of benzene rings is 2. The molecule has 2 aromatic heterocycles. The van der Waals surface area contributed by atoms with Gasteiger partial charge in [-0.3, -0.25) is 36.6 Å². The minimum Gasteiger partial charge on any atom is -0.481 e. The number of carboxylic acids is 2. The summed E-state index contributed by atoms with van der Waals surface area (Å²) < 4.78 is 47.1. The van der Waals surface area contributed by atoms with Gasteiger partial charge in [0.15, 0.2) is 0 Å². The Kier molecular flexibility index (Phi) is 12.2. The summed E-state index contributed by atoms with van der Waals surface area (Å²) in [7, 11) is 1.35. The molecule has 51 heavy (non-hydrogen) atoms. The van der Waals surface area contributed by atoms with Crippen LogP contribution in [0.2, 0.25) is 0 Å². The smallest absolute Gasteiger partial charge is 0.418 e. The minimum absolute atomic E-state index is 0.0652. The molecule has 15 nitrogen and oxygen atoms in total. The number of amides is 1. The third-order valence-corrected chi connectivity index (χ3v) is 7.87. The van der Waals surface area contributed by atoms with Crippen molar-refractivity contribution >= 4 is 63.7 Å². The molecule has 1 atom stereocenters. The molecule has 0 radical (unpaired) electrons. The number of aliphatic carboxylic acids is 2. The number of para-hydroxylation sites is 2. The van der Waals surface area contributed by atoms with Crippen LogP contribution in [-0.4, -0.2) is 75.4 Å². The standard InChI is InChI=1S/C16H12F3N3O3.C13H11IN4O3.C3H6O2/c17-16(18,19)11-8-9-21-14(11)15(25)22(10-4-2-1-3-5-10)12(20-21)6-7-13(23)24;14-16-6-7-17-12(16)13(21)18(9-4-2-1-3-5-9)10(15-17)8-11(19)20;1-3(4)5-2/h1-5,8-9H,6-7H2,(H,23,24);1-7,12H,8H2,(H,19,20);1-2H3. The molecule has 4 aromatic rings. The van der Waals surface area contributed by atoms with Crippen LogP contribution in [0.1, 0.15) is 31.2 Å². The molecular formula is C32H29F3IN7O8. The molecule has 0 aliphatic carbocycles. The molecule has 0 spiro atoms. The van der Waals surface area contributed by atoms with Gasteiger partial charge in [0.05, 0.1) is 53.3 Å². The number of hydrogen-bond acceptors (Lipinski definition) is 10. The average Bonchev–Trinajstić information content (AvgIpc) is 3.69. The Morgan fingerprint density at radius 3 is 2.04 bits per heavy atom. The number of carbonyl (C=O) groups excluding carboxylic acids is 2. The monoisotopic (exact) mass is 823 g/mol. The van der Waals surface area contributed by atoms with Crippen molar-refractivity contribution in [1.29, 1.82) is 0 Å². The van der Waals surface area contributed by atoms with Crippen molar-refractivity contribution in [2.45, 2.75) is 38.5 Å². The van der Waals surface area contributed by atoms with Crippen LogP contribution < -0.4 is 10.5 Å². The maximum atomic E-state index is 13.2. The average molecular weight is 824 g/mol. The van der Waals surface area contributed by atoms with E-state index >= 15 is 0 Å². The lowest BCUT2D eigenvalue weighted by Gasteiger charge is -2.36. The molecule has 0 saturated carbocycles. The summed E-state index contributed by atoms with van der Waals surface area (Å²) in [6, 6.07) is 17.7. The zero-order chi connectivity index (χ0) is 37.5. The topological polar surface area (TPSA) is 179 Å². The molecule has 2 aliphatic rings. The normalized spacial score (nSPS) is 14.9. The fraction of sp³-hybridized carbons (Fsp3) is 0.219. The predicted molar refractivity (Wildman–Crippen MR) is 184 cm³/mol. The maximum Gasteiger partial charge on any atom is 0.418 e. The summed E-state index contributed by atoms with van der Waals surface area (Å²) in [6.07, 6.45) is -1.60. The Hall–Kier alpha value is -5.73. The second-order valence-electron chi connectivity index (χ2n) is 10.5. The number of fused-ring (bicyclic) bond motifs is 2. The highest BCUT2D eigenvalue weighted by Gasteiger charge is 2.42. The Morgan fingerprint density at radius 1 is 0.922 bits per heavy atom. The van der Waals surface area contributed by atoms with E-state index in [9.17, 15) is 37.1 Å². The third-order valence-electron chi connectivity index (χ3n) is 7.02. The van der Waals surface area contributed by atoms with Gasteiger partial charge in [0.1, 0.15) is 23.6 Å². The van der Waals surface area contributed by atoms with E-state index < -0.39 is 40.9 Å². The Balaban J connectivity index is 0.000000204. The fourth-order valence-electron chi connectivity index (χ4n) is 4.80. The lowest BCUT2D eigenvalue weighted by molar-refractivity contribution is -0.138. The molecule has 4 heterocycles. The van der Waals surface area contributed by atoms with E-state index in [4.69, 9.17) is 10.2 Å². The number of hydrazone groups is 1. The molecule has 0 saturated heterocycles. The number of methoxy groups -OCH3 is 1. The third kappa shape index (κ3) is 9.09.